The van der Waals surface area contributed by atoms with Crippen LogP contribution in [0, 0.1) is 0 Å². The molecule has 0 spiro atoms. The molecule has 0 bridgehead atoms. The number of likely N-dealkylation sites (N-methyl/N-ethyl adjacent to an activating group) is 1. The fraction of sp³-hybridized carbons (Fsp3) is 0.300. The molecule has 1 aliphatic heterocycles. The number of aromatic nitrogens is 1. The van der Waals surface area contributed by atoms with Gasteiger partial charge in [-0.05, 0) is 51.8 Å². The molecular formula is C20H20BrN3O2. The van der Waals surface area contributed by atoms with Gasteiger partial charge in [0.2, 0.25) is 0 Å². The monoisotopic (exact) mass is 413 g/mol. The predicted octanol–water partition coefficient (Wildman–Crippen LogP) is 3.12. The summed E-state index contributed by atoms with van der Waals surface area (Å²) in [5.41, 5.74) is 3.88. The van der Waals surface area contributed by atoms with Crippen LogP contribution in [0.3, 0.4) is 0 Å². The highest BCUT2D eigenvalue weighted by molar-refractivity contribution is 9.10. The number of hydrogen-bond acceptors (Lipinski definition) is 4. The highest BCUT2D eigenvalue weighted by Gasteiger charge is 2.33. The van der Waals surface area contributed by atoms with E-state index < -0.39 is 5.97 Å². The van der Waals surface area contributed by atoms with Crippen LogP contribution in [0.2, 0.25) is 0 Å². The summed E-state index contributed by atoms with van der Waals surface area (Å²) in [5, 5.41) is 9.82. The summed E-state index contributed by atoms with van der Waals surface area (Å²) in [6.45, 7) is 3.83. The van der Waals surface area contributed by atoms with Crippen molar-refractivity contribution in [1.29, 1.82) is 0 Å². The average molecular weight is 414 g/mol. The molecule has 1 aromatic heterocycles. The van der Waals surface area contributed by atoms with Gasteiger partial charge in [0.15, 0.2) is 0 Å². The number of piperazine rings is 1. The van der Waals surface area contributed by atoms with Crippen LogP contribution >= 0.6 is 15.9 Å². The van der Waals surface area contributed by atoms with E-state index in [2.05, 4.69) is 32.8 Å². The first-order valence-electron chi connectivity index (χ1n) is 8.67. The summed E-state index contributed by atoms with van der Waals surface area (Å²) in [7, 11) is 2.13. The van der Waals surface area contributed by atoms with E-state index in [9.17, 15) is 9.90 Å². The van der Waals surface area contributed by atoms with Gasteiger partial charge >= 0.3 is 5.97 Å². The molecule has 26 heavy (non-hydrogen) atoms. The molecule has 2 aliphatic rings. The molecule has 1 fully saturated rings. The van der Waals surface area contributed by atoms with Crippen molar-refractivity contribution >= 4 is 33.5 Å². The molecule has 1 atom stereocenters. The maximum absolute atomic E-state index is 12.0. The van der Waals surface area contributed by atoms with Crippen LogP contribution in [-0.2, 0) is 4.79 Å². The number of hydrogen-bond donors (Lipinski definition) is 1. The second-order valence-electron chi connectivity index (χ2n) is 6.82. The van der Waals surface area contributed by atoms with E-state index in [1.54, 1.807) is 12.3 Å². The van der Waals surface area contributed by atoms with E-state index in [-0.39, 0.29) is 6.04 Å². The number of halogens is 1. The summed E-state index contributed by atoms with van der Waals surface area (Å²) < 4.78 is 0.848. The SMILES string of the molecule is CN1CCN(C2c3ccccc3C(C(=O)O)=Cc3cc(Br)cnc32)CC1. The molecule has 2 aromatic rings. The van der Waals surface area contributed by atoms with E-state index in [1.807, 2.05) is 30.3 Å². The van der Waals surface area contributed by atoms with Crippen molar-refractivity contribution in [1.82, 2.24) is 14.8 Å². The van der Waals surface area contributed by atoms with Crippen molar-refractivity contribution in [2.45, 2.75) is 6.04 Å². The first-order valence-corrected chi connectivity index (χ1v) is 9.46. The summed E-state index contributed by atoms with van der Waals surface area (Å²) >= 11 is 3.47. The first kappa shape index (κ1) is 17.4. The Hall–Kier alpha value is -2.02. The van der Waals surface area contributed by atoms with Crippen LogP contribution in [0.4, 0.5) is 0 Å². The zero-order chi connectivity index (χ0) is 18.3. The van der Waals surface area contributed by atoms with Gasteiger partial charge in [0.05, 0.1) is 17.3 Å². The number of benzene rings is 1. The van der Waals surface area contributed by atoms with Crippen LogP contribution < -0.4 is 0 Å². The maximum atomic E-state index is 12.0. The molecule has 134 valence electrons. The zero-order valence-electron chi connectivity index (χ0n) is 14.5. The quantitative estimate of drug-likeness (QED) is 0.819. The van der Waals surface area contributed by atoms with Crippen LogP contribution in [0.25, 0.3) is 11.6 Å². The molecule has 1 aliphatic carbocycles. The van der Waals surface area contributed by atoms with Gasteiger partial charge in [-0.25, -0.2) is 4.79 Å². The van der Waals surface area contributed by atoms with Gasteiger partial charge in [-0.15, -0.1) is 0 Å². The third-order valence-corrected chi connectivity index (χ3v) is 5.59. The number of carbonyl (C=O) groups is 1. The predicted molar refractivity (Wildman–Crippen MR) is 105 cm³/mol. The summed E-state index contributed by atoms with van der Waals surface area (Å²) in [6, 6.07) is 9.73. The van der Waals surface area contributed by atoms with Crippen LogP contribution in [0.15, 0.2) is 41.0 Å². The molecular weight excluding hydrogens is 394 g/mol. The van der Waals surface area contributed by atoms with Gasteiger partial charge in [0.1, 0.15) is 0 Å². The third-order valence-electron chi connectivity index (χ3n) is 5.15. The summed E-state index contributed by atoms with van der Waals surface area (Å²) in [4.78, 5) is 21.4. The maximum Gasteiger partial charge on any atom is 0.336 e. The lowest BCUT2D eigenvalue weighted by Crippen LogP contribution is -2.46. The van der Waals surface area contributed by atoms with E-state index >= 15 is 0 Å². The number of pyridine rings is 1. The summed E-state index contributed by atoms with van der Waals surface area (Å²) in [6.07, 6.45) is 3.55. The Morgan fingerprint density at radius 1 is 1.23 bits per heavy atom. The number of nitrogens with zero attached hydrogens (tertiary/aromatic N) is 3. The van der Waals surface area contributed by atoms with Crippen molar-refractivity contribution in [2.75, 3.05) is 33.2 Å². The average Bonchev–Trinajstić information content (AvgIpc) is 2.77. The Balaban J connectivity index is 1.93. The van der Waals surface area contributed by atoms with Crippen LogP contribution in [0.1, 0.15) is 28.4 Å². The largest absolute Gasteiger partial charge is 0.478 e. The lowest BCUT2D eigenvalue weighted by molar-refractivity contribution is -0.130. The molecule has 1 unspecified atom stereocenters. The molecule has 1 saturated heterocycles. The van der Waals surface area contributed by atoms with E-state index in [1.165, 1.54) is 0 Å². The highest BCUT2D eigenvalue weighted by Crippen LogP contribution is 2.39. The Bertz CT molecular complexity index is 888. The van der Waals surface area contributed by atoms with Gasteiger partial charge in [-0.2, -0.15) is 0 Å². The van der Waals surface area contributed by atoms with Gasteiger partial charge in [0, 0.05) is 36.8 Å². The lowest BCUT2D eigenvalue weighted by Gasteiger charge is -2.38. The molecule has 1 N–H and O–H groups in total. The van der Waals surface area contributed by atoms with E-state index in [0.717, 1.165) is 53.0 Å². The van der Waals surface area contributed by atoms with E-state index in [4.69, 9.17) is 4.98 Å². The number of aliphatic carboxylic acids is 1. The summed E-state index contributed by atoms with van der Waals surface area (Å²) in [5.74, 6) is -0.914. The fourth-order valence-corrected chi connectivity index (χ4v) is 4.15. The topological polar surface area (TPSA) is 56.7 Å². The van der Waals surface area contributed by atoms with Gasteiger partial charge in [-0.1, -0.05) is 24.3 Å². The van der Waals surface area contributed by atoms with E-state index in [0.29, 0.717) is 5.57 Å². The molecule has 2 heterocycles. The molecule has 0 amide bonds. The van der Waals surface area contributed by atoms with Crippen molar-refractivity contribution < 1.29 is 9.90 Å². The van der Waals surface area contributed by atoms with Crippen molar-refractivity contribution in [2.24, 2.45) is 0 Å². The molecule has 0 radical (unpaired) electrons. The Morgan fingerprint density at radius 3 is 2.69 bits per heavy atom. The molecule has 6 heteroatoms. The van der Waals surface area contributed by atoms with Crippen molar-refractivity contribution in [3.63, 3.8) is 0 Å². The van der Waals surface area contributed by atoms with Gasteiger partial charge in [0.25, 0.3) is 0 Å². The molecule has 5 nitrogen and oxygen atoms in total. The second-order valence-corrected chi connectivity index (χ2v) is 7.74. The number of carboxylic acid groups (broad SMARTS) is 1. The first-order chi connectivity index (χ1) is 12.5. The Kier molecular flexibility index (Phi) is 4.65. The van der Waals surface area contributed by atoms with Crippen LogP contribution in [-0.4, -0.2) is 59.1 Å². The number of rotatable bonds is 2. The zero-order valence-corrected chi connectivity index (χ0v) is 16.1. The number of fused-ring (bicyclic) bond motifs is 2. The minimum absolute atomic E-state index is 0.0453. The molecule has 1 aromatic carbocycles. The lowest BCUT2D eigenvalue weighted by atomic mass is 9.93. The molecule has 0 saturated carbocycles. The third kappa shape index (κ3) is 3.09. The highest BCUT2D eigenvalue weighted by atomic mass is 79.9. The standard InChI is InChI=1S/C20H20BrN3O2/c1-23-6-8-24(9-7-23)19-16-5-3-2-4-15(16)17(20(25)26)11-13-10-14(21)12-22-18(13)19/h2-5,10-12,19H,6-9H2,1H3,(H,25,26). The van der Waals surface area contributed by atoms with Crippen LogP contribution in [0.5, 0.6) is 0 Å². The normalized spacial score (nSPS) is 20.7. The minimum Gasteiger partial charge on any atom is -0.478 e. The van der Waals surface area contributed by atoms with Gasteiger partial charge < -0.3 is 10.0 Å². The Labute approximate surface area is 161 Å². The van der Waals surface area contributed by atoms with Crippen molar-refractivity contribution in [3.05, 3.63) is 63.4 Å². The molecule has 4 rings (SSSR count). The number of carboxylic acids is 1. The second kappa shape index (κ2) is 6.95. The van der Waals surface area contributed by atoms with Crippen molar-refractivity contribution in [3.8, 4) is 0 Å². The fourth-order valence-electron chi connectivity index (χ4n) is 3.80. The minimum atomic E-state index is -0.914. The smallest absolute Gasteiger partial charge is 0.336 e. The Morgan fingerprint density at radius 2 is 1.96 bits per heavy atom. The van der Waals surface area contributed by atoms with Gasteiger partial charge in [-0.3, -0.25) is 9.88 Å².